The molecule has 1 saturated heterocycles. The van der Waals surface area contributed by atoms with Gasteiger partial charge in [0.25, 0.3) is 0 Å². The Balaban J connectivity index is 1.96. The summed E-state index contributed by atoms with van der Waals surface area (Å²) >= 11 is 5.69. The summed E-state index contributed by atoms with van der Waals surface area (Å²) in [5.74, 6) is 1.28. The van der Waals surface area contributed by atoms with Gasteiger partial charge in [0.2, 0.25) is 0 Å². The van der Waals surface area contributed by atoms with Crippen molar-refractivity contribution < 1.29 is 5.11 Å². The molecule has 1 fully saturated rings. The van der Waals surface area contributed by atoms with Gasteiger partial charge in [-0.3, -0.25) is 0 Å². The van der Waals surface area contributed by atoms with Crippen molar-refractivity contribution in [3.8, 4) is 0 Å². The average molecular weight is 242 g/mol. The lowest BCUT2D eigenvalue weighted by Crippen LogP contribution is -2.37. The van der Waals surface area contributed by atoms with Crippen LogP contribution in [0.25, 0.3) is 0 Å². The molecule has 2 heterocycles. The number of anilines is 1. The van der Waals surface area contributed by atoms with E-state index in [4.69, 9.17) is 11.6 Å². The molecule has 0 radical (unpaired) electrons. The number of aliphatic hydroxyl groups excluding tert-OH is 1. The summed E-state index contributed by atoms with van der Waals surface area (Å²) in [5, 5.41) is 9.93. The van der Waals surface area contributed by atoms with E-state index in [0.717, 1.165) is 31.7 Å². The van der Waals surface area contributed by atoms with Gasteiger partial charge in [-0.15, -0.1) is 0 Å². The number of hydrogen-bond donors (Lipinski definition) is 1. The van der Waals surface area contributed by atoms with Crippen LogP contribution in [-0.2, 0) is 0 Å². The highest BCUT2D eigenvalue weighted by Gasteiger charge is 2.23. The lowest BCUT2D eigenvalue weighted by Gasteiger charge is -2.33. The van der Waals surface area contributed by atoms with Crippen LogP contribution < -0.4 is 4.90 Å². The second-order valence-electron chi connectivity index (χ2n) is 4.26. The van der Waals surface area contributed by atoms with Crippen molar-refractivity contribution in [1.82, 2.24) is 9.97 Å². The number of aromatic nitrogens is 2. The molecule has 88 valence electrons. The standard InChI is InChI=1S/C11H16ClN3O/c1-8(16)9-2-4-15(5-3-9)11-7-13-10(12)6-14-11/h6-9,16H,2-5H2,1H3. The number of nitrogens with zero attached hydrogens (tertiary/aromatic N) is 3. The van der Waals surface area contributed by atoms with E-state index >= 15 is 0 Å². The Hall–Kier alpha value is -0.870. The quantitative estimate of drug-likeness (QED) is 0.857. The Morgan fingerprint density at radius 2 is 2.06 bits per heavy atom. The zero-order valence-electron chi connectivity index (χ0n) is 9.30. The minimum absolute atomic E-state index is 0.210. The molecule has 1 unspecified atom stereocenters. The molecule has 2 rings (SSSR count). The molecule has 1 atom stereocenters. The van der Waals surface area contributed by atoms with Gasteiger partial charge in [0.15, 0.2) is 0 Å². The van der Waals surface area contributed by atoms with Crippen molar-refractivity contribution in [3.63, 3.8) is 0 Å². The maximum absolute atomic E-state index is 9.51. The topological polar surface area (TPSA) is 49.2 Å². The van der Waals surface area contributed by atoms with Crippen LogP contribution in [0.5, 0.6) is 0 Å². The van der Waals surface area contributed by atoms with Crippen LogP contribution in [0.15, 0.2) is 12.4 Å². The molecule has 1 aromatic heterocycles. The monoisotopic (exact) mass is 241 g/mol. The molecule has 0 saturated carbocycles. The van der Waals surface area contributed by atoms with E-state index in [9.17, 15) is 5.11 Å². The molecule has 5 heteroatoms. The Morgan fingerprint density at radius 1 is 1.38 bits per heavy atom. The van der Waals surface area contributed by atoms with Gasteiger partial charge in [0, 0.05) is 13.1 Å². The van der Waals surface area contributed by atoms with Gasteiger partial charge in [-0.1, -0.05) is 11.6 Å². The molecular formula is C11H16ClN3O. The average Bonchev–Trinajstić information content (AvgIpc) is 2.30. The lowest BCUT2D eigenvalue weighted by molar-refractivity contribution is 0.110. The van der Waals surface area contributed by atoms with E-state index in [-0.39, 0.29) is 6.10 Å². The summed E-state index contributed by atoms with van der Waals surface area (Å²) in [5.41, 5.74) is 0. The first-order valence-corrected chi connectivity index (χ1v) is 5.95. The van der Waals surface area contributed by atoms with E-state index in [1.165, 1.54) is 0 Å². The summed E-state index contributed by atoms with van der Waals surface area (Å²) in [6.45, 7) is 3.71. The van der Waals surface area contributed by atoms with E-state index in [2.05, 4.69) is 14.9 Å². The third kappa shape index (κ3) is 2.62. The number of aliphatic hydroxyl groups is 1. The van der Waals surface area contributed by atoms with E-state index < -0.39 is 0 Å². The molecule has 0 spiro atoms. The predicted octanol–water partition coefficient (Wildman–Crippen LogP) is 1.73. The smallest absolute Gasteiger partial charge is 0.147 e. The maximum atomic E-state index is 9.51. The molecule has 0 bridgehead atoms. The first-order chi connectivity index (χ1) is 7.66. The largest absolute Gasteiger partial charge is 0.393 e. The Morgan fingerprint density at radius 3 is 2.56 bits per heavy atom. The molecular weight excluding hydrogens is 226 g/mol. The van der Waals surface area contributed by atoms with Crippen LogP contribution in [0.3, 0.4) is 0 Å². The lowest BCUT2D eigenvalue weighted by atomic mass is 9.92. The van der Waals surface area contributed by atoms with Crippen LogP contribution >= 0.6 is 11.6 Å². The number of rotatable bonds is 2. The third-order valence-corrected chi connectivity index (χ3v) is 3.35. The van der Waals surface area contributed by atoms with Crippen LogP contribution in [0, 0.1) is 5.92 Å². The van der Waals surface area contributed by atoms with Crippen molar-refractivity contribution in [2.75, 3.05) is 18.0 Å². The Labute approximate surface area is 100 Å². The van der Waals surface area contributed by atoms with Gasteiger partial charge in [-0.05, 0) is 25.7 Å². The summed E-state index contributed by atoms with van der Waals surface area (Å²) in [4.78, 5) is 10.4. The van der Waals surface area contributed by atoms with Crippen molar-refractivity contribution in [1.29, 1.82) is 0 Å². The summed E-state index contributed by atoms with van der Waals surface area (Å²) in [7, 11) is 0. The van der Waals surface area contributed by atoms with E-state index in [1.54, 1.807) is 12.4 Å². The molecule has 1 aliphatic rings. The van der Waals surface area contributed by atoms with Gasteiger partial charge >= 0.3 is 0 Å². The highest BCUT2D eigenvalue weighted by Crippen LogP contribution is 2.23. The fourth-order valence-corrected chi connectivity index (χ4v) is 2.18. The SMILES string of the molecule is CC(O)C1CCN(c2cnc(Cl)cn2)CC1. The molecule has 0 aliphatic carbocycles. The Kier molecular flexibility index (Phi) is 3.61. The molecule has 4 nitrogen and oxygen atoms in total. The van der Waals surface area contributed by atoms with Crippen LogP contribution in [-0.4, -0.2) is 34.3 Å². The van der Waals surface area contributed by atoms with Gasteiger partial charge in [0.1, 0.15) is 11.0 Å². The zero-order chi connectivity index (χ0) is 11.5. The van der Waals surface area contributed by atoms with Gasteiger partial charge in [-0.25, -0.2) is 9.97 Å². The summed E-state index contributed by atoms with van der Waals surface area (Å²) in [6.07, 6.45) is 5.06. The molecule has 16 heavy (non-hydrogen) atoms. The maximum Gasteiger partial charge on any atom is 0.147 e. The molecule has 1 aromatic rings. The minimum Gasteiger partial charge on any atom is -0.393 e. The second-order valence-corrected chi connectivity index (χ2v) is 4.65. The zero-order valence-corrected chi connectivity index (χ0v) is 10.1. The predicted molar refractivity (Wildman–Crippen MR) is 63.7 cm³/mol. The minimum atomic E-state index is -0.210. The van der Waals surface area contributed by atoms with Crippen molar-refractivity contribution in [2.45, 2.75) is 25.9 Å². The highest BCUT2D eigenvalue weighted by molar-refractivity contribution is 6.29. The van der Waals surface area contributed by atoms with E-state index in [1.807, 2.05) is 6.92 Å². The first kappa shape index (κ1) is 11.6. The molecule has 0 amide bonds. The fraction of sp³-hybridized carbons (Fsp3) is 0.636. The molecule has 0 aromatic carbocycles. The number of piperidine rings is 1. The van der Waals surface area contributed by atoms with Crippen molar-refractivity contribution >= 4 is 17.4 Å². The van der Waals surface area contributed by atoms with Gasteiger partial charge in [-0.2, -0.15) is 0 Å². The van der Waals surface area contributed by atoms with E-state index in [0.29, 0.717) is 11.1 Å². The van der Waals surface area contributed by atoms with Crippen LogP contribution in [0.4, 0.5) is 5.82 Å². The van der Waals surface area contributed by atoms with Crippen LogP contribution in [0.2, 0.25) is 5.15 Å². The second kappa shape index (κ2) is 4.97. The van der Waals surface area contributed by atoms with Gasteiger partial charge in [0.05, 0.1) is 18.5 Å². The number of halogens is 1. The summed E-state index contributed by atoms with van der Waals surface area (Å²) in [6, 6.07) is 0. The fourth-order valence-electron chi connectivity index (χ4n) is 2.08. The summed E-state index contributed by atoms with van der Waals surface area (Å²) < 4.78 is 0. The molecule has 1 aliphatic heterocycles. The normalized spacial score (nSPS) is 19.8. The van der Waals surface area contributed by atoms with Crippen molar-refractivity contribution in [3.05, 3.63) is 17.5 Å². The van der Waals surface area contributed by atoms with Gasteiger partial charge < -0.3 is 10.0 Å². The number of hydrogen-bond acceptors (Lipinski definition) is 4. The first-order valence-electron chi connectivity index (χ1n) is 5.57. The van der Waals surface area contributed by atoms with Crippen molar-refractivity contribution in [2.24, 2.45) is 5.92 Å². The van der Waals surface area contributed by atoms with Crippen LogP contribution in [0.1, 0.15) is 19.8 Å². The molecule has 1 N–H and O–H groups in total. The Bertz CT molecular complexity index is 334. The third-order valence-electron chi connectivity index (χ3n) is 3.15. The highest BCUT2D eigenvalue weighted by atomic mass is 35.5.